The van der Waals surface area contributed by atoms with E-state index in [0.29, 0.717) is 0 Å². The van der Waals surface area contributed by atoms with E-state index in [1.165, 1.54) is 0 Å². The van der Waals surface area contributed by atoms with Crippen molar-refractivity contribution in [3.63, 3.8) is 0 Å². The maximum atomic E-state index is 11.9. The molecule has 0 aliphatic heterocycles. The third-order valence-electron chi connectivity index (χ3n) is 2.47. The van der Waals surface area contributed by atoms with Gasteiger partial charge in [0.15, 0.2) is 0 Å². The Balaban J connectivity index is 0.00000729. The van der Waals surface area contributed by atoms with E-state index in [2.05, 4.69) is 12.6 Å². The molecule has 0 spiro atoms. The Labute approximate surface area is 209 Å². The second-order valence-electron chi connectivity index (χ2n) is 4.18. The summed E-state index contributed by atoms with van der Waals surface area (Å²) in [5, 5.41) is 0. The van der Waals surface area contributed by atoms with Crippen molar-refractivity contribution in [2.24, 2.45) is 0 Å². The number of thiol groups is 1. The van der Waals surface area contributed by atoms with Crippen molar-refractivity contribution in [2.75, 3.05) is 0 Å². The van der Waals surface area contributed by atoms with Gasteiger partial charge in [-0.25, -0.2) is 42.1 Å². The van der Waals surface area contributed by atoms with E-state index < -0.39 is 74.6 Å². The van der Waals surface area contributed by atoms with Crippen LogP contribution in [0.3, 0.4) is 0 Å². The van der Waals surface area contributed by atoms with Crippen LogP contribution in [0.2, 0.25) is 0 Å². The number of hydrogen-bond acceptors (Lipinski definition) is 11. The SMILES string of the molecule is O=S(=O)(Cl)c1c(S)c(S(=O)(=O)Cl)c(S(=O)(=O)Cl)c(S(=O)(=O)Cl)c1S(=O)(=O)Cl.[Na]. The fraction of sp³-hybridized carbons (Fsp3) is 0. The summed E-state index contributed by atoms with van der Waals surface area (Å²) in [5.41, 5.74) is 0. The molecule has 157 valence electrons. The summed E-state index contributed by atoms with van der Waals surface area (Å²) in [7, 11) is -2.04. The molecule has 0 aliphatic rings. The first-order valence-corrected chi connectivity index (χ1v) is 17.2. The van der Waals surface area contributed by atoms with Crippen LogP contribution in [0.4, 0.5) is 0 Å². The van der Waals surface area contributed by atoms with Crippen LogP contribution >= 0.6 is 66.0 Å². The molecule has 10 nitrogen and oxygen atoms in total. The van der Waals surface area contributed by atoms with Crippen LogP contribution in [0.5, 0.6) is 0 Å². The fourth-order valence-corrected chi connectivity index (χ4v) is 12.7. The average molecular weight is 626 g/mol. The Bertz CT molecular complexity index is 1290. The molecule has 22 heteroatoms. The topological polar surface area (TPSA) is 171 Å². The molecule has 0 fully saturated rings. The van der Waals surface area contributed by atoms with Gasteiger partial charge >= 0.3 is 0 Å². The molecule has 0 saturated heterocycles. The molecule has 28 heavy (non-hydrogen) atoms. The van der Waals surface area contributed by atoms with Gasteiger partial charge in [0.1, 0.15) is 24.5 Å². The average Bonchev–Trinajstić information content (AvgIpc) is 2.29. The summed E-state index contributed by atoms with van der Waals surface area (Å²) < 4.78 is 118. The molecule has 1 rings (SSSR count). The van der Waals surface area contributed by atoms with Crippen LogP contribution in [0, 0.1) is 0 Å². The van der Waals surface area contributed by atoms with Gasteiger partial charge in [0, 0.05) is 87.9 Å². The molecule has 0 heterocycles. The van der Waals surface area contributed by atoms with Crippen LogP contribution in [-0.4, -0.2) is 71.6 Å². The van der Waals surface area contributed by atoms with Crippen molar-refractivity contribution in [3.05, 3.63) is 0 Å². The van der Waals surface area contributed by atoms with Crippen LogP contribution in [0.25, 0.3) is 0 Å². The molecule has 0 saturated carbocycles. The number of hydrogen-bond donors (Lipinski definition) is 1. The van der Waals surface area contributed by atoms with E-state index in [0.717, 1.165) is 0 Å². The number of benzene rings is 1. The van der Waals surface area contributed by atoms with E-state index in [1.807, 2.05) is 0 Å². The first kappa shape index (κ1) is 29.8. The number of halogens is 5. The third kappa shape index (κ3) is 6.40. The molecule has 0 atom stereocenters. The minimum atomic E-state index is -5.55. The Morgan fingerprint density at radius 3 is 0.714 bits per heavy atom. The zero-order chi connectivity index (χ0) is 22.0. The second-order valence-corrected chi connectivity index (χ2v) is 17.1. The molecule has 0 amide bonds. The maximum absolute atomic E-state index is 11.9. The summed E-state index contributed by atoms with van der Waals surface area (Å²) in [5.74, 6) is 0. The number of rotatable bonds is 5. The van der Waals surface area contributed by atoms with Crippen molar-refractivity contribution in [1.82, 2.24) is 0 Å². The molecular weight excluding hydrogens is 625 g/mol. The van der Waals surface area contributed by atoms with Crippen LogP contribution in [0.15, 0.2) is 29.4 Å². The van der Waals surface area contributed by atoms with E-state index in [4.69, 9.17) is 53.4 Å². The van der Waals surface area contributed by atoms with Gasteiger partial charge in [0.2, 0.25) is 0 Å². The van der Waals surface area contributed by atoms with Crippen molar-refractivity contribution < 1.29 is 42.1 Å². The van der Waals surface area contributed by atoms with Crippen molar-refractivity contribution in [1.29, 1.82) is 0 Å². The first-order valence-electron chi connectivity index (χ1n) is 5.18. The Kier molecular flexibility index (Phi) is 9.52. The predicted octanol–water partition coefficient (Wildman–Crippen LogP) is 1.23. The minimum absolute atomic E-state index is 0. The van der Waals surface area contributed by atoms with Gasteiger partial charge in [-0.05, 0) is 0 Å². The van der Waals surface area contributed by atoms with Crippen molar-refractivity contribution in [3.8, 4) is 0 Å². The van der Waals surface area contributed by atoms with E-state index in [1.54, 1.807) is 0 Å². The van der Waals surface area contributed by atoms with Crippen LogP contribution in [0.1, 0.15) is 0 Å². The predicted molar refractivity (Wildman–Crippen MR) is 105 cm³/mol. The third-order valence-corrected chi connectivity index (χ3v) is 10.5. The summed E-state index contributed by atoms with van der Waals surface area (Å²) in [6.07, 6.45) is 0. The summed E-state index contributed by atoms with van der Waals surface area (Å²) in [4.78, 5) is -11.1. The van der Waals surface area contributed by atoms with Crippen LogP contribution < -0.4 is 0 Å². The van der Waals surface area contributed by atoms with Gasteiger partial charge in [-0.3, -0.25) is 0 Å². The molecule has 0 unspecified atom stereocenters. The first-order chi connectivity index (χ1) is 11.5. The van der Waals surface area contributed by atoms with Gasteiger partial charge in [0.25, 0.3) is 45.3 Å². The van der Waals surface area contributed by atoms with E-state index >= 15 is 0 Å². The summed E-state index contributed by atoms with van der Waals surface area (Å²) >= 11 is 3.43. The summed E-state index contributed by atoms with van der Waals surface area (Å²) in [6.45, 7) is 0. The fourth-order valence-electron chi connectivity index (χ4n) is 1.74. The molecule has 1 radical (unpaired) electrons. The zero-order valence-electron chi connectivity index (χ0n) is 12.5. The molecule has 0 N–H and O–H groups in total. The molecular formula is C6HCl5NaO10S6. The Morgan fingerprint density at radius 2 is 0.571 bits per heavy atom. The quantitative estimate of drug-likeness (QED) is 0.285. The van der Waals surface area contributed by atoms with Gasteiger partial charge in [0.05, 0.1) is 0 Å². The standard InChI is InChI=1S/C6HCl5O10S6.Na/c7-23(12,13)2-1(22)3(24(8,14)15)5(26(10,18)19)6(27(11,20)21)4(2)25(9,16)17;/h22H;. The van der Waals surface area contributed by atoms with Crippen molar-refractivity contribution in [2.45, 2.75) is 29.4 Å². The summed E-state index contributed by atoms with van der Waals surface area (Å²) in [6, 6.07) is 0. The van der Waals surface area contributed by atoms with Gasteiger partial charge in [-0.1, -0.05) is 0 Å². The smallest absolute Gasteiger partial charge is 0.207 e. The second kappa shape index (κ2) is 8.96. The maximum Gasteiger partial charge on any atom is 0.264 e. The van der Waals surface area contributed by atoms with E-state index in [9.17, 15) is 42.1 Å². The van der Waals surface area contributed by atoms with Crippen LogP contribution in [-0.2, 0) is 45.3 Å². The molecule has 1 aromatic carbocycles. The van der Waals surface area contributed by atoms with Gasteiger partial charge in [-0.15, -0.1) is 12.6 Å². The molecule has 1 aromatic rings. The Hall–Kier alpha value is 1.77. The minimum Gasteiger partial charge on any atom is -0.207 e. The normalized spacial score (nSPS) is 13.8. The van der Waals surface area contributed by atoms with Crippen molar-refractivity contribution >= 4 is 141 Å². The molecule has 0 aliphatic carbocycles. The zero-order valence-corrected chi connectivity index (χ0v) is 23.2. The van der Waals surface area contributed by atoms with Gasteiger partial charge in [-0.2, -0.15) is 0 Å². The monoisotopic (exact) mass is 623 g/mol. The Morgan fingerprint density at radius 1 is 0.429 bits per heavy atom. The molecule has 0 bridgehead atoms. The van der Waals surface area contributed by atoms with E-state index in [-0.39, 0.29) is 29.6 Å². The van der Waals surface area contributed by atoms with Gasteiger partial charge < -0.3 is 0 Å². The largest absolute Gasteiger partial charge is 0.264 e. The molecule has 0 aromatic heterocycles.